The summed E-state index contributed by atoms with van der Waals surface area (Å²) in [6.45, 7) is 1.40. The molecule has 4 heterocycles. The molecule has 2 atom stereocenters. The Morgan fingerprint density at radius 3 is 2.77 bits per heavy atom. The number of sulfonamides is 2. The summed E-state index contributed by atoms with van der Waals surface area (Å²) < 4.78 is 65.7. The number of fused-ring (bicyclic) bond motifs is 1. The highest BCUT2D eigenvalue weighted by Gasteiger charge is 2.44. The summed E-state index contributed by atoms with van der Waals surface area (Å²) in [5.41, 5.74) is 0.631. The third-order valence-corrected chi connectivity index (χ3v) is 10.5. The van der Waals surface area contributed by atoms with E-state index in [4.69, 9.17) is 9.47 Å². The summed E-state index contributed by atoms with van der Waals surface area (Å²) in [6, 6.07) is 7.63. The first-order chi connectivity index (χ1) is 18.6. The Kier molecular flexibility index (Phi) is 7.92. The van der Waals surface area contributed by atoms with Gasteiger partial charge in [-0.25, -0.2) is 31.5 Å². The van der Waals surface area contributed by atoms with Gasteiger partial charge in [-0.1, -0.05) is 6.07 Å². The molecule has 5 rings (SSSR count). The number of hydrogen-bond donors (Lipinski definition) is 4. The highest BCUT2D eigenvalue weighted by atomic mass is 32.2. The predicted molar refractivity (Wildman–Crippen MR) is 141 cm³/mol. The third kappa shape index (κ3) is 6.09. The molecule has 0 saturated carbocycles. The number of nitrogens with zero attached hydrogens (tertiary/aromatic N) is 3. The molecule has 1 aromatic carbocycles. The van der Waals surface area contributed by atoms with Crippen molar-refractivity contribution in [3.8, 4) is 5.75 Å². The fourth-order valence-corrected chi connectivity index (χ4v) is 7.14. The van der Waals surface area contributed by atoms with E-state index in [1.807, 2.05) is 0 Å². The van der Waals surface area contributed by atoms with Crippen LogP contribution in [-0.2, 0) is 24.8 Å². The van der Waals surface area contributed by atoms with Crippen LogP contribution in [0.2, 0.25) is 0 Å². The quantitative estimate of drug-likeness (QED) is 0.259. The van der Waals surface area contributed by atoms with E-state index >= 15 is 0 Å². The third-order valence-electron chi connectivity index (χ3n) is 7.20. The maximum atomic E-state index is 13.2. The number of aliphatic hydroxyl groups excluding tert-OH is 1. The molecule has 0 amide bonds. The molecular formula is C24H32N6O7S2. The zero-order valence-electron chi connectivity index (χ0n) is 21.4. The number of ether oxygens (including phenoxy) is 2. The van der Waals surface area contributed by atoms with Gasteiger partial charge in [0.15, 0.2) is 5.65 Å². The molecular weight excluding hydrogens is 548 g/mol. The zero-order chi connectivity index (χ0) is 27.7. The number of benzene rings is 1. The van der Waals surface area contributed by atoms with Crippen molar-refractivity contribution < 1.29 is 31.4 Å². The van der Waals surface area contributed by atoms with E-state index in [1.54, 1.807) is 18.2 Å². The lowest BCUT2D eigenvalue weighted by molar-refractivity contribution is -0.0312. The second-order valence-electron chi connectivity index (χ2n) is 9.80. The Bertz CT molecular complexity index is 1520. The Balaban J connectivity index is 1.08. The van der Waals surface area contributed by atoms with Crippen LogP contribution in [0.25, 0.3) is 11.2 Å². The van der Waals surface area contributed by atoms with Crippen LogP contribution < -0.4 is 14.8 Å². The molecule has 2 aromatic heterocycles. The summed E-state index contributed by atoms with van der Waals surface area (Å²) in [5, 5.41) is 13.7. The van der Waals surface area contributed by atoms with Gasteiger partial charge in [0.1, 0.15) is 23.4 Å². The van der Waals surface area contributed by atoms with Gasteiger partial charge < -0.3 is 24.9 Å². The van der Waals surface area contributed by atoms with Crippen molar-refractivity contribution in [3.05, 3.63) is 42.9 Å². The number of aromatic nitrogens is 3. The van der Waals surface area contributed by atoms with Crippen molar-refractivity contribution in [2.75, 3.05) is 39.9 Å². The molecule has 39 heavy (non-hydrogen) atoms. The van der Waals surface area contributed by atoms with Crippen molar-refractivity contribution in [2.45, 2.75) is 46.8 Å². The first kappa shape index (κ1) is 27.9. The Labute approximate surface area is 227 Å². The number of aliphatic hydroxyl groups is 1. The number of hydrogen-bond acceptors (Lipinski definition) is 10. The molecule has 1 spiro atoms. The summed E-state index contributed by atoms with van der Waals surface area (Å²) in [7, 11) is -5.94. The van der Waals surface area contributed by atoms with Crippen LogP contribution in [0.4, 0.5) is 0 Å². The number of rotatable bonds is 10. The van der Waals surface area contributed by atoms with Crippen molar-refractivity contribution >= 4 is 31.2 Å². The van der Waals surface area contributed by atoms with Crippen LogP contribution in [0, 0.1) is 0 Å². The standard InChI is InChI=1S/C24H32N6O7S2/c1-25-38(32,33)20-4-2-3-19(9-20)36-15-18(31)12-26-17-11-24(37-14-17)5-7-30(8-6-24)39(34,35)21-10-22-23(27-13-21)29-16-28-22/h2-4,9-10,13,16-18,25-26,31H,5-8,11-12,14-15H2,1H3,(H,27,28,29)/t17-,18?/m1/s1. The van der Waals surface area contributed by atoms with Crippen LogP contribution in [0.3, 0.4) is 0 Å². The maximum absolute atomic E-state index is 13.2. The van der Waals surface area contributed by atoms with E-state index in [-0.39, 0.29) is 29.0 Å². The number of nitrogens with one attached hydrogen (secondary N) is 3. The van der Waals surface area contributed by atoms with Crippen LogP contribution in [0.1, 0.15) is 19.3 Å². The first-order valence-electron chi connectivity index (χ1n) is 12.6. The summed E-state index contributed by atoms with van der Waals surface area (Å²) in [5.74, 6) is 0.343. The van der Waals surface area contributed by atoms with Crippen molar-refractivity contribution in [1.29, 1.82) is 0 Å². The number of imidazole rings is 1. The molecule has 2 fully saturated rings. The average molecular weight is 581 g/mol. The number of pyridine rings is 1. The van der Waals surface area contributed by atoms with Gasteiger partial charge in [0.2, 0.25) is 20.0 Å². The summed E-state index contributed by atoms with van der Waals surface area (Å²) in [6.07, 6.45) is 3.85. The van der Waals surface area contributed by atoms with E-state index in [0.29, 0.717) is 55.9 Å². The Hall–Kier alpha value is -2.66. The van der Waals surface area contributed by atoms with Crippen molar-refractivity contribution in [1.82, 2.24) is 29.3 Å². The maximum Gasteiger partial charge on any atom is 0.244 e. The van der Waals surface area contributed by atoms with Crippen molar-refractivity contribution in [2.24, 2.45) is 0 Å². The molecule has 3 aromatic rings. The van der Waals surface area contributed by atoms with E-state index < -0.39 is 31.8 Å². The van der Waals surface area contributed by atoms with Gasteiger partial charge in [0.05, 0.1) is 28.9 Å². The molecule has 15 heteroatoms. The molecule has 1 unspecified atom stereocenters. The lowest BCUT2D eigenvalue weighted by atomic mass is 9.88. The molecule has 4 N–H and O–H groups in total. The lowest BCUT2D eigenvalue weighted by Gasteiger charge is -2.38. The normalized spacial score (nSPS) is 20.9. The second kappa shape index (κ2) is 11.1. The van der Waals surface area contributed by atoms with Gasteiger partial charge >= 0.3 is 0 Å². The van der Waals surface area contributed by atoms with Crippen LogP contribution in [0.5, 0.6) is 5.75 Å². The molecule has 2 aliphatic rings. The Morgan fingerprint density at radius 1 is 1.21 bits per heavy atom. The van der Waals surface area contributed by atoms with Gasteiger partial charge in [-0.15, -0.1) is 0 Å². The monoisotopic (exact) mass is 580 g/mol. The van der Waals surface area contributed by atoms with Gasteiger partial charge in [-0.05, 0) is 44.5 Å². The van der Waals surface area contributed by atoms with E-state index in [1.165, 1.54) is 36.0 Å². The van der Waals surface area contributed by atoms with Gasteiger partial charge in [0, 0.05) is 37.9 Å². The summed E-state index contributed by atoms with van der Waals surface area (Å²) >= 11 is 0. The largest absolute Gasteiger partial charge is 0.491 e. The molecule has 13 nitrogen and oxygen atoms in total. The molecule has 2 saturated heterocycles. The van der Waals surface area contributed by atoms with Crippen molar-refractivity contribution in [3.63, 3.8) is 0 Å². The fourth-order valence-electron chi connectivity index (χ4n) is 4.96. The number of piperidine rings is 1. The minimum absolute atomic E-state index is 0.0129. The predicted octanol–water partition coefficient (Wildman–Crippen LogP) is 0.208. The van der Waals surface area contributed by atoms with Gasteiger partial charge in [0.25, 0.3) is 0 Å². The highest BCUT2D eigenvalue weighted by Crippen LogP contribution is 2.37. The minimum Gasteiger partial charge on any atom is -0.491 e. The first-order valence-corrected chi connectivity index (χ1v) is 15.5. The van der Waals surface area contributed by atoms with Crippen LogP contribution in [-0.4, -0.2) is 98.8 Å². The lowest BCUT2D eigenvalue weighted by Crippen LogP contribution is -2.47. The molecule has 0 bridgehead atoms. The highest BCUT2D eigenvalue weighted by molar-refractivity contribution is 7.89. The summed E-state index contributed by atoms with van der Waals surface area (Å²) in [4.78, 5) is 11.3. The topological polar surface area (TPSA) is 176 Å². The van der Waals surface area contributed by atoms with Gasteiger partial charge in [-0.2, -0.15) is 4.31 Å². The Morgan fingerprint density at radius 2 is 2.00 bits per heavy atom. The smallest absolute Gasteiger partial charge is 0.244 e. The SMILES string of the molecule is CNS(=O)(=O)c1cccc(OCC(O)CN[C@H]2COC3(CCN(S(=O)(=O)c4cnc5nc[nH]c5c4)CC3)C2)c1. The molecule has 2 aliphatic heterocycles. The van der Waals surface area contributed by atoms with Crippen LogP contribution in [0.15, 0.2) is 52.6 Å². The minimum atomic E-state index is -3.69. The van der Waals surface area contributed by atoms with E-state index in [2.05, 4.69) is 25.0 Å². The average Bonchev–Trinajstić information content (AvgIpc) is 3.58. The van der Waals surface area contributed by atoms with E-state index in [9.17, 15) is 21.9 Å². The molecule has 0 radical (unpaired) electrons. The molecule has 0 aliphatic carbocycles. The number of aromatic amines is 1. The zero-order valence-corrected chi connectivity index (χ0v) is 23.0. The fraction of sp³-hybridized carbons (Fsp3) is 0.500. The van der Waals surface area contributed by atoms with E-state index in [0.717, 1.165) is 0 Å². The second-order valence-corrected chi connectivity index (χ2v) is 13.6. The van der Waals surface area contributed by atoms with Gasteiger partial charge in [-0.3, -0.25) is 0 Å². The number of H-pyrrole nitrogens is 1. The molecule has 212 valence electrons. The van der Waals surface area contributed by atoms with Crippen LogP contribution >= 0.6 is 0 Å².